The number of ketones is 1. The van der Waals surface area contributed by atoms with E-state index in [-0.39, 0.29) is 5.78 Å². The van der Waals surface area contributed by atoms with Crippen LogP contribution in [0, 0.1) is 0 Å². The molecule has 0 bridgehead atoms. The number of nitrogens with zero attached hydrogens (tertiary/aromatic N) is 1. The first-order valence-corrected chi connectivity index (χ1v) is 7.93. The Balaban J connectivity index is 2.26. The van der Waals surface area contributed by atoms with Gasteiger partial charge in [0.05, 0.1) is 18.4 Å². The van der Waals surface area contributed by atoms with Crippen LogP contribution in [0.2, 0.25) is 0 Å². The molecule has 0 spiro atoms. The van der Waals surface area contributed by atoms with E-state index in [1.807, 2.05) is 12.1 Å². The number of carbonyl (C=O) groups excluding carboxylic acids is 1. The SMILES string of the molecule is COc1ccc(C=CC(=O)O)cc1C(=O)C=Cc1cccc(N=CNN)c1. The van der Waals surface area contributed by atoms with Gasteiger partial charge in [-0.3, -0.25) is 4.79 Å². The molecular formula is C20H19N3O4. The Bertz CT molecular complexity index is 917. The van der Waals surface area contributed by atoms with E-state index in [4.69, 9.17) is 15.7 Å². The summed E-state index contributed by atoms with van der Waals surface area (Å²) in [7, 11) is 1.47. The second kappa shape index (κ2) is 9.69. The maximum Gasteiger partial charge on any atom is 0.328 e. The molecule has 0 aliphatic rings. The number of aliphatic carboxylic acids is 1. The number of hydrogen-bond acceptors (Lipinski definition) is 5. The molecule has 0 aromatic heterocycles. The van der Waals surface area contributed by atoms with Crippen molar-refractivity contribution in [2.24, 2.45) is 10.8 Å². The van der Waals surface area contributed by atoms with Crippen LogP contribution >= 0.6 is 0 Å². The third kappa shape index (κ3) is 5.94. The summed E-state index contributed by atoms with van der Waals surface area (Å²) in [4.78, 5) is 27.3. The van der Waals surface area contributed by atoms with Gasteiger partial charge in [0, 0.05) is 6.08 Å². The molecule has 0 aliphatic heterocycles. The van der Waals surface area contributed by atoms with Crippen molar-refractivity contribution in [1.29, 1.82) is 0 Å². The lowest BCUT2D eigenvalue weighted by molar-refractivity contribution is -0.131. The van der Waals surface area contributed by atoms with Crippen molar-refractivity contribution in [3.63, 3.8) is 0 Å². The normalized spacial score (nSPS) is 11.3. The molecule has 7 heteroatoms. The van der Waals surface area contributed by atoms with Crippen LogP contribution in [-0.4, -0.2) is 30.3 Å². The number of carboxylic acid groups (broad SMARTS) is 1. The molecule has 0 saturated carbocycles. The molecule has 0 radical (unpaired) electrons. The smallest absolute Gasteiger partial charge is 0.328 e. The lowest BCUT2D eigenvalue weighted by Gasteiger charge is -2.07. The predicted octanol–water partition coefficient (Wildman–Crippen LogP) is 2.81. The van der Waals surface area contributed by atoms with E-state index in [1.165, 1.54) is 25.6 Å². The van der Waals surface area contributed by atoms with Crippen molar-refractivity contribution < 1.29 is 19.4 Å². The zero-order valence-corrected chi connectivity index (χ0v) is 14.6. The highest BCUT2D eigenvalue weighted by molar-refractivity contribution is 6.09. The number of ether oxygens (including phenoxy) is 1. The van der Waals surface area contributed by atoms with Gasteiger partial charge >= 0.3 is 5.97 Å². The Kier molecular flexibility index (Phi) is 7.04. The predicted molar refractivity (Wildman–Crippen MR) is 105 cm³/mol. The molecule has 0 atom stereocenters. The van der Waals surface area contributed by atoms with E-state index >= 15 is 0 Å². The van der Waals surface area contributed by atoms with E-state index in [0.717, 1.165) is 11.6 Å². The summed E-state index contributed by atoms with van der Waals surface area (Å²) in [6.45, 7) is 0. The van der Waals surface area contributed by atoms with Crippen LogP contribution in [0.4, 0.5) is 5.69 Å². The van der Waals surface area contributed by atoms with Crippen molar-refractivity contribution >= 4 is 35.9 Å². The average Bonchev–Trinajstić information content (AvgIpc) is 2.69. The maximum atomic E-state index is 12.6. The lowest BCUT2D eigenvalue weighted by Crippen LogP contribution is -2.18. The van der Waals surface area contributed by atoms with Gasteiger partial charge in [-0.05, 0) is 47.5 Å². The second-order valence-corrected chi connectivity index (χ2v) is 5.35. The van der Waals surface area contributed by atoms with E-state index in [0.29, 0.717) is 22.6 Å². The summed E-state index contributed by atoms with van der Waals surface area (Å²) in [5.74, 6) is 4.22. The van der Waals surface area contributed by atoms with E-state index in [1.54, 1.807) is 36.4 Å². The fourth-order valence-electron chi connectivity index (χ4n) is 2.27. The van der Waals surface area contributed by atoms with Gasteiger partial charge in [0.2, 0.25) is 0 Å². The molecule has 0 heterocycles. The van der Waals surface area contributed by atoms with E-state index in [2.05, 4.69) is 10.4 Å². The van der Waals surface area contributed by atoms with Crippen molar-refractivity contribution in [3.05, 3.63) is 71.3 Å². The van der Waals surface area contributed by atoms with Gasteiger partial charge in [0.25, 0.3) is 0 Å². The van der Waals surface area contributed by atoms with Gasteiger partial charge in [0.15, 0.2) is 5.78 Å². The Hall–Kier alpha value is -3.71. The quantitative estimate of drug-likeness (QED) is 0.165. The molecule has 0 unspecified atom stereocenters. The van der Waals surface area contributed by atoms with Crippen molar-refractivity contribution in [2.45, 2.75) is 0 Å². The Morgan fingerprint density at radius 2 is 1.85 bits per heavy atom. The largest absolute Gasteiger partial charge is 0.496 e. The number of allylic oxidation sites excluding steroid dienone is 1. The van der Waals surface area contributed by atoms with E-state index < -0.39 is 5.97 Å². The van der Waals surface area contributed by atoms with Crippen molar-refractivity contribution in [3.8, 4) is 5.75 Å². The molecule has 0 saturated heterocycles. The number of aliphatic imine (C=N–C) groups is 1. The molecule has 4 N–H and O–H groups in total. The summed E-state index contributed by atoms with van der Waals surface area (Å²) in [6.07, 6.45) is 6.86. The van der Waals surface area contributed by atoms with E-state index in [9.17, 15) is 9.59 Å². The molecule has 138 valence electrons. The first-order valence-electron chi connectivity index (χ1n) is 7.93. The summed E-state index contributed by atoms with van der Waals surface area (Å²) in [5.41, 5.74) is 4.71. The van der Waals surface area contributed by atoms with Crippen LogP contribution in [0.3, 0.4) is 0 Å². The van der Waals surface area contributed by atoms with Gasteiger partial charge in [-0.2, -0.15) is 0 Å². The number of methoxy groups -OCH3 is 1. The van der Waals surface area contributed by atoms with Crippen LogP contribution in [0.5, 0.6) is 5.75 Å². The number of hydrogen-bond donors (Lipinski definition) is 3. The third-order valence-electron chi connectivity index (χ3n) is 3.49. The molecule has 0 amide bonds. The first-order chi connectivity index (χ1) is 13.0. The zero-order valence-electron chi connectivity index (χ0n) is 14.6. The van der Waals surface area contributed by atoms with Gasteiger partial charge in [-0.15, -0.1) is 0 Å². The monoisotopic (exact) mass is 365 g/mol. The summed E-state index contributed by atoms with van der Waals surface area (Å²) in [5, 5.41) is 8.73. The number of carbonyl (C=O) groups is 2. The van der Waals surface area contributed by atoms with Gasteiger partial charge in [0.1, 0.15) is 12.1 Å². The molecular weight excluding hydrogens is 346 g/mol. The Morgan fingerprint density at radius 3 is 2.56 bits per heavy atom. The highest BCUT2D eigenvalue weighted by Gasteiger charge is 2.10. The van der Waals surface area contributed by atoms with Crippen LogP contribution in [0.15, 0.2) is 59.6 Å². The van der Waals surface area contributed by atoms with Crippen molar-refractivity contribution in [1.82, 2.24) is 5.43 Å². The first kappa shape index (κ1) is 19.6. The maximum absolute atomic E-state index is 12.6. The Morgan fingerprint density at radius 1 is 1.11 bits per heavy atom. The van der Waals surface area contributed by atoms with Crippen LogP contribution in [0.25, 0.3) is 12.2 Å². The number of benzene rings is 2. The summed E-state index contributed by atoms with van der Waals surface area (Å²) >= 11 is 0. The summed E-state index contributed by atoms with van der Waals surface area (Å²) in [6, 6.07) is 12.1. The number of carboxylic acids is 1. The lowest BCUT2D eigenvalue weighted by atomic mass is 10.0. The number of rotatable bonds is 8. The molecule has 2 rings (SSSR count). The minimum absolute atomic E-state index is 0.269. The Labute approximate surface area is 156 Å². The van der Waals surface area contributed by atoms with Crippen LogP contribution in [0.1, 0.15) is 21.5 Å². The second-order valence-electron chi connectivity index (χ2n) is 5.35. The van der Waals surface area contributed by atoms with Crippen molar-refractivity contribution in [2.75, 3.05) is 7.11 Å². The molecule has 2 aromatic rings. The van der Waals surface area contributed by atoms with Gasteiger partial charge in [-0.1, -0.05) is 24.3 Å². The fraction of sp³-hybridized carbons (Fsp3) is 0.0500. The fourth-order valence-corrected chi connectivity index (χ4v) is 2.27. The number of nitrogens with two attached hydrogens (primary N) is 1. The van der Waals surface area contributed by atoms with Gasteiger partial charge in [-0.25, -0.2) is 15.6 Å². The number of nitrogens with one attached hydrogen (secondary N) is 1. The van der Waals surface area contributed by atoms with Crippen LogP contribution in [-0.2, 0) is 4.79 Å². The highest BCUT2D eigenvalue weighted by Crippen LogP contribution is 2.22. The van der Waals surface area contributed by atoms with Crippen LogP contribution < -0.4 is 16.0 Å². The topological polar surface area (TPSA) is 114 Å². The highest BCUT2D eigenvalue weighted by atomic mass is 16.5. The average molecular weight is 365 g/mol. The minimum Gasteiger partial charge on any atom is -0.496 e. The number of hydrazine groups is 1. The summed E-state index contributed by atoms with van der Waals surface area (Å²) < 4.78 is 5.23. The van der Waals surface area contributed by atoms with Gasteiger partial charge < -0.3 is 15.3 Å². The molecule has 0 fully saturated rings. The third-order valence-corrected chi connectivity index (χ3v) is 3.49. The minimum atomic E-state index is -1.06. The zero-order chi connectivity index (χ0) is 19.6. The molecule has 0 aliphatic carbocycles. The standard InChI is InChI=1S/C20H19N3O4/c1-27-19-9-6-15(7-10-20(25)26)12-17(19)18(24)8-5-14-3-2-4-16(11-14)22-13-23-21/h2-13H,21H2,1H3,(H,22,23)(H,25,26). The molecule has 7 nitrogen and oxygen atoms in total. The molecule has 27 heavy (non-hydrogen) atoms. The molecule has 2 aromatic carbocycles.